The zero-order valence-electron chi connectivity index (χ0n) is 13.2. The lowest BCUT2D eigenvalue weighted by atomic mass is 10.1. The van der Waals surface area contributed by atoms with Crippen LogP contribution in [0.4, 0.5) is 0 Å². The molecule has 1 aliphatic rings. The highest BCUT2D eigenvalue weighted by molar-refractivity contribution is 9.10. The van der Waals surface area contributed by atoms with Crippen molar-refractivity contribution in [2.24, 2.45) is 0 Å². The summed E-state index contributed by atoms with van der Waals surface area (Å²) in [6.45, 7) is 6.63. The zero-order valence-corrected chi connectivity index (χ0v) is 15.6. The summed E-state index contributed by atoms with van der Waals surface area (Å²) in [6, 6.07) is 7.15. The lowest BCUT2D eigenvalue weighted by Gasteiger charge is -2.43. The summed E-state index contributed by atoms with van der Waals surface area (Å²) < 4.78 is 33.2. The van der Waals surface area contributed by atoms with Gasteiger partial charge in [-0.3, -0.25) is 4.90 Å². The van der Waals surface area contributed by atoms with Crippen molar-refractivity contribution in [3.63, 3.8) is 0 Å². The van der Waals surface area contributed by atoms with E-state index in [1.54, 1.807) is 35.7 Å². The van der Waals surface area contributed by atoms with E-state index in [1.807, 2.05) is 0 Å². The van der Waals surface area contributed by atoms with E-state index >= 15 is 0 Å². The molecule has 1 aromatic carbocycles. The summed E-state index contributed by atoms with van der Waals surface area (Å²) in [5.74, 6) is 0. The van der Waals surface area contributed by atoms with Crippen LogP contribution in [-0.4, -0.2) is 63.1 Å². The van der Waals surface area contributed by atoms with E-state index in [2.05, 4.69) is 34.7 Å². The largest absolute Gasteiger partial charge is 0.383 e. The molecule has 2 rings (SSSR count). The molecule has 0 N–H and O–H groups in total. The van der Waals surface area contributed by atoms with Gasteiger partial charge in [0, 0.05) is 43.3 Å². The number of benzene rings is 1. The summed E-state index contributed by atoms with van der Waals surface area (Å²) >= 11 is 3.33. The van der Waals surface area contributed by atoms with E-state index in [0.29, 0.717) is 24.6 Å². The molecule has 5 nitrogen and oxygen atoms in total. The quantitative estimate of drug-likeness (QED) is 0.772. The highest BCUT2D eigenvalue weighted by atomic mass is 79.9. The van der Waals surface area contributed by atoms with E-state index in [1.165, 1.54) is 0 Å². The Morgan fingerprint density at radius 3 is 2.23 bits per heavy atom. The third kappa shape index (κ3) is 3.89. The minimum Gasteiger partial charge on any atom is -0.383 e. The second-order valence-electron chi connectivity index (χ2n) is 5.70. The molecule has 1 heterocycles. The van der Waals surface area contributed by atoms with Gasteiger partial charge in [-0.05, 0) is 38.1 Å². The average molecular weight is 391 g/mol. The van der Waals surface area contributed by atoms with E-state index < -0.39 is 10.0 Å². The minimum atomic E-state index is -3.43. The molecule has 124 valence electrons. The molecule has 0 spiro atoms. The maximum atomic E-state index is 12.8. The van der Waals surface area contributed by atoms with Crippen molar-refractivity contribution in [3.05, 3.63) is 28.7 Å². The summed E-state index contributed by atoms with van der Waals surface area (Å²) in [7, 11) is -1.75. The van der Waals surface area contributed by atoms with E-state index in [9.17, 15) is 8.42 Å². The van der Waals surface area contributed by atoms with Crippen molar-refractivity contribution < 1.29 is 13.2 Å². The van der Waals surface area contributed by atoms with Crippen LogP contribution in [0, 0.1) is 0 Å². The second-order valence-corrected chi connectivity index (χ2v) is 8.56. The summed E-state index contributed by atoms with van der Waals surface area (Å²) in [4.78, 5) is 2.65. The molecule has 1 saturated heterocycles. The average Bonchev–Trinajstić information content (AvgIpc) is 2.46. The normalized spacial score (nSPS) is 24.5. The molecule has 1 aliphatic heterocycles. The maximum absolute atomic E-state index is 12.8. The van der Waals surface area contributed by atoms with Gasteiger partial charge in [0.25, 0.3) is 0 Å². The van der Waals surface area contributed by atoms with Crippen LogP contribution in [0.25, 0.3) is 0 Å². The van der Waals surface area contributed by atoms with Crippen molar-refractivity contribution in [2.45, 2.75) is 30.8 Å². The van der Waals surface area contributed by atoms with Gasteiger partial charge in [-0.25, -0.2) is 8.42 Å². The van der Waals surface area contributed by atoms with Gasteiger partial charge in [0.2, 0.25) is 10.0 Å². The molecule has 1 fully saturated rings. The standard InChI is InChI=1S/C15H23BrN2O3S/c1-12-10-17(11-13(2)18(12)8-9-21-3)22(19,20)15-6-4-14(16)5-7-15/h4-7,12-13H,8-11H2,1-3H3. The molecular formula is C15H23BrN2O3S. The monoisotopic (exact) mass is 390 g/mol. The second kappa shape index (κ2) is 7.40. The third-order valence-corrected chi connectivity index (χ3v) is 6.45. The zero-order chi connectivity index (χ0) is 16.3. The minimum absolute atomic E-state index is 0.170. The predicted octanol–water partition coefficient (Wildman–Crippen LogP) is 2.18. The number of hydrogen-bond acceptors (Lipinski definition) is 4. The number of rotatable bonds is 5. The number of nitrogens with zero attached hydrogens (tertiary/aromatic N) is 2. The summed E-state index contributed by atoms with van der Waals surface area (Å²) in [6.07, 6.45) is 0. The van der Waals surface area contributed by atoms with Crippen LogP contribution in [0.5, 0.6) is 0 Å². The van der Waals surface area contributed by atoms with Gasteiger partial charge < -0.3 is 4.74 Å². The Hall–Kier alpha value is -0.470. The third-order valence-electron chi connectivity index (χ3n) is 4.07. The molecule has 7 heteroatoms. The molecule has 0 aromatic heterocycles. The van der Waals surface area contributed by atoms with Crippen LogP contribution in [0.3, 0.4) is 0 Å². The summed E-state index contributed by atoms with van der Waals surface area (Å²) in [5, 5.41) is 0. The van der Waals surface area contributed by atoms with Crippen molar-refractivity contribution in [3.8, 4) is 0 Å². The van der Waals surface area contributed by atoms with Crippen LogP contribution >= 0.6 is 15.9 Å². The van der Waals surface area contributed by atoms with E-state index in [4.69, 9.17) is 4.74 Å². The first kappa shape index (κ1) is 17.9. The van der Waals surface area contributed by atoms with Crippen LogP contribution in [0.15, 0.2) is 33.6 Å². The topological polar surface area (TPSA) is 49.9 Å². The fourth-order valence-electron chi connectivity index (χ4n) is 2.90. The Balaban J connectivity index is 2.15. The number of piperazine rings is 1. The first-order valence-electron chi connectivity index (χ1n) is 7.36. The molecule has 0 aliphatic carbocycles. The molecule has 2 atom stereocenters. The Morgan fingerprint density at radius 1 is 1.18 bits per heavy atom. The van der Waals surface area contributed by atoms with Gasteiger partial charge >= 0.3 is 0 Å². The van der Waals surface area contributed by atoms with E-state index in [0.717, 1.165) is 11.0 Å². The SMILES string of the molecule is COCCN1C(C)CN(S(=O)(=O)c2ccc(Br)cc2)CC1C. The molecule has 1 aromatic rings. The van der Waals surface area contributed by atoms with Crippen molar-refractivity contribution in [1.82, 2.24) is 9.21 Å². The summed E-state index contributed by atoms with van der Waals surface area (Å²) in [5.41, 5.74) is 0. The number of ether oxygens (including phenoxy) is 1. The van der Waals surface area contributed by atoms with Crippen LogP contribution in [0.2, 0.25) is 0 Å². The maximum Gasteiger partial charge on any atom is 0.243 e. The first-order valence-corrected chi connectivity index (χ1v) is 9.60. The highest BCUT2D eigenvalue weighted by Crippen LogP contribution is 2.24. The van der Waals surface area contributed by atoms with Crippen molar-refractivity contribution in [1.29, 1.82) is 0 Å². The molecule has 0 saturated carbocycles. The Morgan fingerprint density at radius 2 is 1.73 bits per heavy atom. The van der Waals surface area contributed by atoms with Gasteiger partial charge in [0.05, 0.1) is 11.5 Å². The molecule has 0 radical (unpaired) electrons. The molecule has 22 heavy (non-hydrogen) atoms. The smallest absolute Gasteiger partial charge is 0.243 e. The van der Waals surface area contributed by atoms with Gasteiger partial charge in [0.15, 0.2) is 0 Å². The Bertz CT molecular complexity index is 579. The number of sulfonamides is 1. The molecular weight excluding hydrogens is 368 g/mol. The number of methoxy groups -OCH3 is 1. The highest BCUT2D eigenvalue weighted by Gasteiger charge is 2.35. The van der Waals surface area contributed by atoms with Crippen LogP contribution in [0.1, 0.15) is 13.8 Å². The van der Waals surface area contributed by atoms with Gasteiger partial charge in [-0.1, -0.05) is 15.9 Å². The fourth-order valence-corrected chi connectivity index (χ4v) is 4.76. The van der Waals surface area contributed by atoms with Gasteiger partial charge in [-0.15, -0.1) is 0 Å². The molecule has 0 bridgehead atoms. The first-order chi connectivity index (χ1) is 10.4. The lowest BCUT2D eigenvalue weighted by molar-refractivity contribution is 0.0496. The van der Waals surface area contributed by atoms with Crippen LogP contribution in [-0.2, 0) is 14.8 Å². The number of hydrogen-bond donors (Lipinski definition) is 0. The molecule has 2 unspecified atom stereocenters. The van der Waals surface area contributed by atoms with Gasteiger partial charge in [-0.2, -0.15) is 4.31 Å². The van der Waals surface area contributed by atoms with Crippen LogP contribution < -0.4 is 0 Å². The lowest BCUT2D eigenvalue weighted by Crippen LogP contribution is -2.58. The molecule has 0 amide bonds. The van der Waals surface area contributed by atoms with Crippen molar-refractivity contribution >= 4 is 26.0 Å². The Labute approximate surface area is 141 Å². The fraction of sp³-hybridized carbons (Fsp3) is 0.600. The number of halogens is 1. The Kier molecular flexibility index (Phi) is 6.01. The van der Waals surface area contributed by atoms with E-state index in [-0.39, 0.29) is 12.1 Å². The predicted molar refractivity (Wildman–Crippen MR) is 90.4 cm³/mol. The van der Waals surface area contributed by atoms with Gasteiger partial charge in [0.1, 0.15) is 0 Å². The van der Waals surface area contributed by atoms with Crippen molar-refractivity contribution in [2.75, 3.05) is 33.4 Å².